The molecule has 3 aromatic heterocycles. The summed E-state index contributed by atoms with van der Waals surface area (Å²) >= 11 is 0. The van der Waals surface area contributed by atoms with E-state index in [1.165, 1.54) is 0 Å². The number of aromatic amines is 1. The number of aromatic nitrogens is 5. The van der Waals surface area contributed by atoms with Gasteiger partial charge in [-0.3, -0.25) is 4.68 Å². The molecule has 3 rings (SSSR count). The molecule has 3 heterocycles. The average molecular weight is 270 g/mol. The van der Waals surface area contributed by atoms with Crippen molar-refractivity contribution in [3.8, 4) is 0 Å². The van der Waals surface area contributed by atoms with E-state index in [0.29, 0.717) is 6.54 Å². The highest BCUT2D eigenvalue weighted by molar-refractivity contribution is 5.69. The van der Waals surface area contributed by atoms with Gasteiger partial charge < -0.3 is 10.3 Å². The maximum absolute atomic E-state index is 4.46. The van der Waals surface area contributed by atoms with Gasteiger partial charge >= 0.3 is 0 Å². The smallest absolute Gasteiger partial charge is 0.177 e. The van der Waals surface area contributed by atoms with E-state index in [-0.39, 0.29) is 12.1 Å². The van der Waals surface area contributed by atoms with Crippen LogP contribution in [0, 0.1) is 0 Å². The second-order valence-electron chi connectivity index (χ2n) is 4.95. The van der Waals surface area contributed by atoms with Gasteiger partial charge in [0.2, 0.25) is 0 Å². The van der Waals surface area contributed by atoms with Crippen LogP contribution in [0.1, 0.15) is 25.7 Å². The number of nitrogens with one attached hydrogen (secondary N) is 2. The van der Waals surface area contributed by atoms with Crippen LogP contribution in [0.15, 0.2) is 36.8 Å². The van der Waals surface area contributed by atoms with E-state index in [0.717, 1.165) is 17.0 Å². The lowest BCUT2D eigenvalue weighted by Crippen LogP contribution is -2.33. The van der Waals surface area contributed by atoms with Crippen molar-refractivity contribution in [1.29, 1.82) is 0 Å². The first-order chi connectivity index (χ1) is 9.74. The lowest BCUT2D eigenvalue weighted by atomic mass is 10.2. The zero-order valence-electron chi connectivity index (χ0n) is 11.6. The maximum atomic E-state index is 4.46. The molecule has 2 N–H and O–H groups in total. The number of fused-ring (bicyclic) bond motifs is 1. The molecular formula is C14H18N6. The molecule has 0 aliphatic rings. The largest absolute Gasteiger partial charge is 0.340 e. The van der Waals surface area contributed by atoms with Crippen LogP contribution < -0.4 is 5.32 Å². The van der Waals surface area contributed by atoms with E-state index in [2.05, 4.69) is 39.2 Å². The Balaban J connectivity index is 1.64. The standard InChI is InChI=1S/C14H18N6/c1-10(11(2)20-8-4-7-17-20)16-9-13-18-12-5-3-6-15-14(12)19-13/h3-8,10-11,16H,9H2,1-2H3,(H,15,18,19). The number of rotatable bonds is 5. The van der Waals surface area contributed by atoms with Gasteiger partial charge in [-0.2, -0.15) is 5.10 Å². The van der Waals surface area contributed by atoms with Crippen molar-refractivity contribution < 1.29 is 0 Å². The Hall–Kier alpha value is -2.21. The van der Waals surface area contributed by atoms with Gasteiger partial charge in [-0.15, -0.1) is 0 Å². The van der Waals surface area contributed by atoms with E-state index < -0.39 is 0 Å². The van der Waals surface area contributed by atoms with E-state index in [1.807, 2.05) is 29.1 Å². The summed E-state index contributed by atoms with van der Waals surface area (Å²) < 4.78 is 1.96. The minimum atomic E-state index is 0.285. The van der Waals surface area contributed by atoms with E-state index in [9.17, 15) is 0 Å². The van der Waals surface area contributed by atoms with Crippen molar-refractivity contribution >= 4 is 11.2 Å². The fraction of sp³-hybridized carbons (Fsp3) is 0.357. The lowest BCUT2D eigenvalue weighted by Gasteiger charge is -2.21. The van der Waals surface area contributed by atoms with Crippen LogP contribution in [0.2, 0.25) is 0 Å². The van der Waals surface area contributed by atoms with Crippen molar-refractivity contribution in [2.24, 2.45) is 0 Å². The topological polar surface area (TPSA) is 71.4 Å². The molecule has 0 fully saturated rings. The molecule has 0 radical (unpaired) electrons. The van der Waals surface area contributed by atoms with Gasteiger partial charge in [0.1, 0.15) is 5.82 Å². The third kappa shape index (κ3) is 2.55. The minimum absolute atomic E-state index is 0.285. The SMILES string of the molecule is CC(NCc1nc2ncccc2[nH]1)C(C)n1cccn1. The maximum Gasteiger partial charge on any atom is 0.177 e. The van der Waals surface area contributed by atoms with Crippen LogP contribution in [0.4, 0.5) is 0 Å². The predicted octanol–water partition coefficient (Wildman–Crippen LogP) is 1.89. The van der Waals surface area contributed by atoms with Gasteiger partial charge in [-0.05, 0) is 32.0 Å². The molecule has 2 unspecified atom stereocenters. The quantitative estimate of drug-likeness (QED) is 0.742. The van der Waals surface area contributed by atoms with Crippen molar-refractivity contribution in [1.82, 2.24) is 30.0 Å². The number of imidazole rings is 1. The van der Waals surface area contributed by atoms with Crippen LogP contribution in [0.25, 0.3) is 11.2 Å². The number of pyridine rings is 1. The third-order valence-electron chi connectivity index (χ3n) is 3.56. The summed E-state index contributed by atoms with van der Waals surface area (Å²) in [5, 5.41) is 7.74. The molecule has 6 nitrogen and oxygen atoms in total. The molecule has 0 aliphatic heterocycles. The molecule has 0 saturated carbocycles. The monoisotopic (exact) mass is 270 g/mol. The fourth-order valence-corrected chi connectivity index (χ4v) is 2.16. The molecule has 0 saturated heterocycles. The molecule has 2 atom stereocenters. The van der Waals surface area contributed by atoms with E-state index >= 15 is 0 Å². The predicted molar refractivity (Wildman–Crippen MR) is 77.1 cm³/mol. The normalized spacial score (nSPS) is 14.5. The van der Waals surface area contributed by atoms with E-state index in [4.69, 9.17) is 0 Å². The number of H-pyrrole nitrogens is 1. The summed E-state index contributed by atoms with van der Waals surface area (Å²) in [6.07, 6.45) is 5.53. The third-order valence-corrected chi connectivity index (χ3v) is 3.56. The Morgan fingerprint density at radius 2 is 2.20 bits per heavy atom. The van der Waals surface area contributed by atoms with Crippen LogP contribution >= 0.6 is 0 Å². The number of hydrogen-bond acceptors (Lipinski definition) is 4. The van der Waals surface area contributed by atoms with Gasteiger partial charge in [-0.1, -0.05) is 0 Å². The molecule has 0 amide bonds. The summed E-state index contributed by atoms with van der Waals surface area (Å²) in [5.74, 6) is 0.901. The van der Waals surface area contributed by atoms with Crippen LogP contribution in [-0.2, 0) is 6.54 Å². The highest BCUT2D eigenvalue weighted by Gasteiger charge is 2.14. The van der Waals surface area contributed by atoms with Gasteiger partial charge in [0.25, 0.3) is 0 Å². The first-order valence-electron chi connectivity index (χ1n) is 6.76. The number of hydrogen-bond donors (Lipinski definition) is 2. The van der Waals surface area contributed by atoms with Crippen molar-refractivity contribution in [3.05, 3.63) is 42.6 Å². The first kappa shape index (κ1) is 12.8. The molecule has 104 valence electrons. The Morgan fingerprint density at radius 1 is 1.30 bits per heavy atom. The Morgan fingerprint density at radius 3 is 2.95 bits per heavy atom. The molecule has 0 aromatic carbocycles. The number of nitrogens with zero attached hydrogens (tertiary/aromatic N) is 4. The first-order valence-corrected chi connectivity index (χ1v) is 6.76. The Labute approximate surface area is 117 Å². The summed E-state index contributed by atoms with van der Waals surface area (Å²) in [4.78, 5) is 11.9. The van der Waals surface area contributed by atoms with Gasteiger partial charge in [0.15, 0.2) is 5.65 Å². The average Bonchev–Trinajstić information content (AvgIpc) is 3.12. The molecule has 6 heteroatoms. The molecular weight excluding hydrogens is 252 g/mol. The van der Waals surface area contributed by atoms with Crippen molar-refractivity contribution in [2.75, 3.05) is 0 Å². The molecule has 20 heavy (non-hydrogen) atoms. The summed E-state index contributed by atoms with van der Waals surface area (Å²) in [6.45, 7) is 4.97. The van der Waals surface area contributed by atoms with Crippen LogP contribution in [0.5, 0.6) is 0 Å². The summed E-state index contributed by atoms with van der Waals surface area (Å²) in [5.41, 5.74) is 1.73. The molecule has 0 bridgehead atoms. The van der Waals surface area contributed by atoms with Gasteiger partial charge in [0.05, 0.1) is 18.1 Å². The van der Waals surface area contributed by atoms with Gasteiger partial charge in [-0.25, -0.2) is 9.97 Å². The Kier molecular flexibility index (Phi) is 3.47. The summed E-state index contributed by atoms with van der Waals surface area (Å²) in [7, 11) is 0. The second-order valence-corrected chi connectivity index (χ2v) is 4.95. The highest BCUT2D eigenvalue weighted by Crippen LogP contribution is 2.11. The Bertz CT molecular complexity index is 639. The van der Waals surface area contributed by atoms with Crippen LogP contribution in [0.3, 0.4) is 0 Å². The molecule has 0 aliphatic carbocycles. The summed E-state index contributed by atoms with van der Waals surface area (Å²) in [6, 6.07) is 6.40. The van der Waals surface area contributed by atoms with E-state index in [1.54, 1.807) is 12.4 Å². The lowest BCUT2D eigenvalue weighted by molar-refractivity contribution is 0.363. The van der Waals surface area contributed by atoms with Crippen molar-refractivity contribution in [2.45, 2.75) is 32.5 Å². The van der Waals surface area contributed by atoms with Gasteiger partial charge in [0, 0.05) is 24.6 Å². The second kappa shape index (κ2) is 5.42. The zero-order valence-corrected chi connectivity index (χ0v) is 11.6. The molecule has 3 aromatic rings. The minimum Gasteiger partial charge on any atom is -0.340 e. The molecule has 0 spiro atoms. The van der Waals surface area contributed by atoms with Crippen LogP contribution in [-0.4, -0.2) is 30.8 Å². The fourth-order valence-electron chi connectivity index (χ4n) is 2.16. The highest BCUT2D eigenvalue weighted by atomic mass is 15.3. The van der Waals surface area contributed by atoms with Crippen molar-refractivity contribution in [3.63, 3.8) is 0 Å². The zero-order chi connectivity index (χ0) is 13.9.